The molecule has 152 valence electrons. The number of ether oxygens (including phenoxy) is 1. The van der Waals surface area contributed by atoms with Crippen molar-refractivity contribution in [2.24, 2.45) is 0 Å². The molecule has 2 aliphatic rings. The number of benzene rings is 2. The van der Waals surface area contributed by atoms with E-state index in [0.29, 0.717) is 42.8 Å². The van der Waals surface area contributed by atoms with Gasteiger partial charge in [-0.2, -0.15) is 5.10 Å². The van der Waals surface area contributed by atoms with Crippen LogP contribution in [0.15, 0.2) is 67.0 Å². The van der Waals surface area contributed by atoms with E-state index in [0.717, 1.165) is 18.5 Å². The second-order valence-electron chi connectivity index (χ2n) is 8.03. The van der Waals surface area contributed by atoms with E-state index in [2.05, 4.69) is 5.10 Å². The fourth-order valence-electron chi connectivity index (χ4n) is 4.48. The zero-order valence-electron chi connectivity index (χ0n) is 16.7. The quantitative estimate of drug-likeness (QED) is 0.653. The standard InChI is InChI=1S/C24H23N3O3/c28-21-17-24(30-22-9-2-1-8-20(21)22)10-4-13-26(15-11-24)23(29)18-6-3-7-19(16-18)27-14-5-12-25-27/h1-3,5-9,12,14,16H,4,10-11,13,15,17H2. The average molecular weight is 401 g/mol. The van der Waals surface area contributed by atoms with Gasteiger partial charge in [0.1, 0.15) is 11.4 Å². The first kappa shape index (κ1) is 18.6. The summed E-state index contributed by atoms with van der Waals surface area (Å²) in [6, 6.07) is 16.8. The van der Waals surface area contributed by atoms with Crippen LogP contribution in [0.2, 0.25) is 0 Å². The Hall–Kier alpha value is -3.41. The maximum atomic E-state index is 13.2. The molecule has 1 spiro atoms. The number of para-hydroxylation sites is 1. The van der Waals surface area contributed by atoms with E-state index in [1.54, 1.807) is 10.9 Å². The van der Waals surface area contributed by atoms with E-state index in [9.17, 15) is 9.59 Å². The Morgan fingerprint density at radius 1 is 1.03 bits per heavy atom. The molecular formula is C24H23N3O3. The monoisotopic (exact) mass is 401 g/mol. The lowest BCUT2D eigenvalue weighted by atomic mass is 9.84. The van der Waals surface area contributed by atoms with Gasteiger partial charge in [-0.3, -0.25) is 9.59 Å². The van der Waals surface area contributed by atoms with E-state index in [1.807, 2.05) is 65.7 Å². The van der Waals surface area contributed by atoms with Crippen LogP contribution in [-0.2, 0) is 0 Å². The van der Waals surface area contributed by atoms with Crippen LogP contribution in [0.4, 0.5) is 0 Å². The van der Waals surface area contributed by atoms with Crippen molar-refractivity contribution >= 4 is 11.7 Å². The summed E-state index contributed by atoms with van der Waals surface area (Å²) in [4.78, 5) is 27.8. The number of nitrogens with zero attached hydrogens (tertiary/aromatic N) is 3. The number of amides is 1. The van der Waals surface area contributed by atoms with Gasteiger partial charge < -0.3 is 9.64 Å². The Kier molecular flexibility index (Phi) is 4.62. The normalized spacial score (nSPS) is 21.1. The average Bonchev–Trinajstić information content (AvgIpc) is 3.24. The Morgan fingerprint density at radius 2 is 1.93 bits per heavy atom. The summed E-state index contributed by atoms with van der Waals surface area (Å²) in [5.41, 5.74) is 1.65. The molecular weight excluding hydrogens is 378 g/mol. The van der Waals surface area contributed by atoms with Crippen molar-refractivity contribution in [3.05, 3.63) is 78.1 Å². The second kappa shape index (κ2) is 7.44. The molecule has 0 bridgehead atoms. The van der Waals surface area contributed by atoms with Gasteiger partial charge in [0.2, 0.25) is 0 Å². The Bertz CT molecular complexity index is 1090. The predicted molar refractivity (Wildman–Crippen MR) is 112 cm³/mol. The second-order valence-corrected chi connectivity index (χ2v) is 8.03. The van der Waals surface area contributed by atoms with Gasteiger partial charge in [0, 0.05) is 37.5 Å². The topological polar surface area (TPSA) is 64.4 Å². The van der Waals surface area contributed by atoms with Crippen LogP contribution >= 0.6 is 0 Å². The van der Waals surface area contributed by atoms with Gasteiger partial charge in [-0.05, 0) is 49.2 Å². The van der Waals surface area contributed by atoms with Gasteiger partial charge in [-0.1, -0.05) is 18.2 Å². The molecule has 3 aromatic rings. The highest BCUT2D eigenvalue weighted by Crippen LogP contribution is 2.39. The minimum Gasteiger partial charge on any atom is -0.486 e. The molecule has 3 heterocycles. The summed E-state index contributed by atoms with van der Waals surface area (Å²) in [7, 11) is 0. The fraction of sp³-hybridized carbons (Fsp3) is 0.292. The fourth-order valence-corrected chi connectivity index (χ4v) is 4.48. The molecule has 6 nitrogen and oxygen atoms in total. The first-order chi connectivity index (χ1) is 14.6. The maximum absolute atomic E-state index is 13.2. The van der Waals surface area contributed by atoms with E-state index < -0.39 is 5.60 Å². The van der Waals surface area contributed by atoms with Gasteiger partial charge in [0.25, 0.3) is 5.91 Å². The molecule has 30 heavy (non-hydrogen) atoms. The van der Waals surface area contributed by atoms with Gasteiger partial charge in [-0.15, -0.1) is 0 Å². The van der Waals surface area contributed by atoms with Crippen LogP contribution in [0.25, 0.3) is 5.69 Å². The molecule has 1 atom stereocenters. The van der Waals surface area contributed by atoms with Crippen LogP contribution < -0.4 is 4.74 Å². The van der Waals surface area contributed by atoms with E-state index >= 15 is 0 Å². The molecule has 1 amide bonds. The number of rotatable bonds is 2. The molecule has 0 aliphatic carbocycles. The number of ketones is 1. The van der Waals surface area contributed by atoms with Crippen molar-refractivity contribution in [2.75, 3.05) is 13.1 Å². The number of carbonyl (C=O) groups excluding carboxylic acids is 2. The van der Waals surface area contributed by atoms with Crippen LogP contribution in [0.5, 0.6) is 5.75 Å². The third-order valence-electron chi connectivity index (χ3n) is 6.04. The highest BCUT2D eigenvalue weighted by atomic mass is 16.5. The number of carbonyl (C=O) groups is 2. The number of hydrogen-bond acceptors (Lipinski definition) is 4. The molecule has 6 heteroatoms. The minimum atomic E-state index is -0.516. The molecule has 0 N–H and O–H groups in total. The van der Waals surface area contributed by atoms with E-state index in [4.69, 9.17) is 4.74 Å². The Labute approximate surface area is 175 Å². The van der Waals surface area contributed by atoms with Gasteiger partial charge in [-0.25, -0.2) is 4.68 Å². The third-order valence-corrected chi connectivity index (χ3v) is 6.04. The highest BCUT2D eigenvalue weighted by molar-refractivity contribution is 6.00. The van der Waals surface area contributed by atoms with Gasteiger partial charge in [0.05, 0.1) is 17.7 Å². The zero-order chi connectivity index (χ0) is 20.6. The first-order valence-electron chi connectivity index (χ1n) is 10.3. The van der Waals surface area contributed by atoms with Crippen LogP contribution in [0.1, 0.15) is 46.4 Å². The molecule has 1 saturated heterocycles. The molecule has 2 aliphatic heterocycles. The van der Waals surface area contributed by atoms with Crippen molar-refractivity contribution in [3.63, 3.8) is 0 Å². The molecule has 1 aromatic heterocycles. The largest absolute Gasteiger partial charge is 0.486 e. The molecule has 0 radical (unpaired) electrons. The summed E-state index contributed by atoms with van der Waals surface area (Å²) >= 11 is 0. The SMILES string of the molecule is O=C1CC2(CCCN(C(=O)c3cccc(-n4cccn4)c3)CC2)Oc2ccccc21. The first-order valence-corrected chi connectivity index (χ1v) is 10.3. The van der Waals surface area contributed by atoms with Crippen LogP contribution in [0, 0.1) is 0 Å². The summed E-state index contributed by atoms with van der Waals surface area (Å²) in [6.07, 6.45) is 6.17. The van der Waals surface area contributed by atoms with Gasteiger partial charge in [0.15, 0.2) is 5.78 Å². The summed E-state index contributed by atoms with van der Waals surface area (Å²) in [6.45, 7) is 1.23. The summed E-state index contributed by atoms with van der Waals surface area (Å²) in [5.74, 6) is 0.799. The van der Waals surface area contributed by atoms with E-state index in [-0.39, 0.29) is 11.7 Å². The number of aromatic nitrogens is 2. The zero-order valence-corrected chi connectivity index (χ0v) is 16.7. The van der Waals surface area contributed by atoms with Crippen molar-refractivity contribution in [1.29, 1.82) is 0 Å². The number of Topliss-reactive ketones (excluding diaryl/α,β-unsaturated/α-hetero) is 1. The van der Waals surface area contributed by atoms with Crippen molar-refractivity contribution in [3.8, 4) is 11.4 Å². The number of fused-ring (bicyclic) bond motifs is 1. The van der Waals surface area contributed by atoms with Crippen molar-refractivity contribution in [1.82, 2.24) is 14.7 Å². The molecule has 1 fully saturated rings. The van der Waals surface area contributed by atoms with E-state index in [1.165, 1.54) is 0 Å². The number of hydrogen-bond donors (Lipinski definition) is 0. The highest BCUT2D eigenvalue weighted by Gasteiger charge is 2.42. The molecule has 2 aromatic carbocycles. The van der Waals surface area contributed by atoms with Crippen LogP contribution in [-0.4, -0.2) is 45.1 Å². The summed E-state index contributed by atoms with van der Waals surface area (Å²) in [5, 5.41) is 4.24. The van der Waals surface area contributed by atoms with Crippen LogP contribution in [0.3, 0.4) is 0 Å². The maximum Gasteiger partial charge on any atom is 0.253 e. The Morgan fingerprint density at radius 3 is 2.80 bits per heavy atom. The lowest BCUT2D eigenvalue weighted by Crippen LogP contribution is -2.43. The molecule has 1 unspecified atom stereocenters. The lowest BCUT2D eigenvalue weighted by molar-refractivity contribution is 0.0300. The minimum absolute atomic E-state index is 0.00333. The van der Waals surface area contributed by atoms with Crippen molar-refractivity contribution in [2.45, 2.75) is 31.3 Å². The third kappa shape index (κ3) is 3.38. The summed E-state index contributed by atoms with van der Waals surface area (Å²) < 4.78 is 8.09. The molecule has 5 rings (SSSR count). The van der Waals surface area contributed by atoms with Gasteiger partial charge >= 0.3 is 0 Å². The smallest absolute Gasteiger partial charge is 0.253 e. The lowest BCUT2D eigenvalue weighted by Gasteiger charge is -2.37. The predicted octanol–water partition coefficient (Wildman–Crippen LogP) is 3.90. The van der Waals surface area contributed by atoms with Crippen molar-refractivity contribution < 1.29 is 14.3 Å². The molecule has 0 saturated carbocycles. The number of likely N-dealkylation sites (tertiary alicyclic amines) is 1. The Balaban J connectivity index is 1.34.